The molecular formula is C25H17FN6O2. The van der Waals surface area contributed by atoms with Crippen LogP contribution in [0.2, 0.25) is 0 Å². The molecule has 0 aliphatic rings. The van der Waals surface area contributed by atoms with Gasteiger partial charge in [0, 0.05) is 35.0 Å². The number of fused-ring (bicyclic) bond motifs is 2. The molecule has 0 aliphatic carbocycles. The quantitative estimate of drug-likeness (QED) is 0.344. The lowest BCUT2D eigenvalue weighted by molar-refractivity contribution is 0.411. The summed E-state index contributed by atoms with van der Waals surface area (Å²) < 4.78 is 19.3. The summed E-state index contributed by atoms with van der Waals surface area (Å²) in [5, 5.41) is 18.2. The average Bonchev–Trinajstić information content (AvgIpc) is 3.47. The second-order valence-electron chi connectivity index (χ2n) is 7.79. The van der Waals surface area contributed by atoms with Crippen LogP contribution in [0.3, 0.4) is 0 Å². The summed E-state index contributed by atoms with van der Waals surface area (Å²) in [6, 6.07) is 13.7. The number of pyridine rings is 2. The van der Waals surface area contributed by atoms with Crippen LogP contribution in [0.4, 0.5) is 4.39 Å². The monoisotopic (exact) mass is 452 g/mol. The van der Waals surface area contributed by atoms with Crippen LogP contribution < -0.4 is 4.74 Å². The van der Waals surface area contributed by atoms with Crippen LogP contribution in [0.1, 0.15) is 0 Å². The number of hydrogen-bond donors (Lipinski definition) is 3. The van der Waals surface area contributed by atoms with Crippen molar-refractivity contribution in [2.24, 2.45) is 0 Å². The molecule has 0 bridgehead atoms. The molecule has 0 fully saturated rings. The Morgan fingerprint density at radius 1 is 0.912 bits per heavy atom. The Balaban J connectivity index is 1.50. The zero-order chi connectivity index (χ0) is 23.2. The zero-order valence-electron chi connectivity index (χ0n) is 17.9. The van der Waals surface area contributed by atoms with E-state index < -0.39 is 5.82 Å². The summed E-state index contributed by atoms with van der Waals surface area (Å²) in [6.07, 6.45) is 4.72. The molecule has 2 aromatic carbocycles. The fraction of sp³-hybridized carbons (Fsp3) is 0.0400. The number of methoxy groups -OCH3 is 1. The van der Waals surface area contributed by atoms with Crippen LogP contribution >= 0.6 is 0 Å². The van der Waals surface area contributed by atoms with E-state index in [0.717, 1.165) is 27.5 Å². The van der Waals surface area contributed by atoms with Crippen LogP contribution in [0.25, 0.3) is 55.8 Å². The Kier molecular flexibility index (Phi) is 4.48. The Morgan fingerprint density at radius 3 is 2.68 bits per heavy atom. The number of H-pyrrole nitrogens is 2. The molecule has 4 heterocycles. The highest BCUT2D eigenvalue weighted by atomic mass is 19.1. The molecule has 3 N–H and O–H groups in total. The Morgan fingerprint density at radius 2 is 1.82 bits per heavy atom. The molecular weight excluding hydrogens is 435 g/mol. The molecule has 0 aliphatic heterocycles. The number of rotatable bonds is 4. The summed E-state index contributed by atoms with van der Waals surface area (Å²) in [5.41, 5.74) is 5.55. The fourth-order valence-corrected chi connectivity index (χ4v) is 4.04. The topological polar surface area (TPSA) is 113 Å². The predicted molar refractivity (Wildman–Crippen MR) is 126 cm³/mol. The standard InChI is InChI=1S/C25H17FN6O2/c1-34-18-8-14(6-16(26)10-18)22-24-21(4-5-28-22)29-25(30-24)23-19-9-13(2-3-20(19)31-32-23)15-7-17(33)12-27-11-15/h2-12,33H,1H3,(H,29,30)(H,31,32). The number of imidazole rings is 1. The second-order valence-corrected chi connectivity index (χ2v) is 7.79. The third-order valence-corrected chi connectivity index (χ3v) is 5.63. The minimum Gasteiger partial charge on any atom is -0.506 e. The number of hydrogen-bond acceptors (Lipinski definition) is 6. The maximum Gasteiger partial charge on any atom is 0.159 e. The maximum absolute atomic E-state index is 14.1. The zero-order valence-corrected chi connectivity index (χ0v) is 17.9. The third kappa shape index (κ3) is 3.30. The van der Waals surface area contributed by atoms with E-state index in [9.17, 15) is 9.50 Å². The van der Waals surface area contributed by atoms with Crippen LogP contribution in [0.5, 0.6) is 11.5 Å². The van der Waals surface area contributed by atoms with Crippen molar-refractivity contribution in [2.45, 2.75) is 0 Å². The molecule has 0 saturated carbocycles. The van der Waals surface area contributed by atoms with Gasteiger partial charge in [-0.1, -0.05) is 6.07 Å². The number of halogens is 1. The second kappa shape index (κ2) is 7.66. The van der Waals surface area contributed by atoms with E-state index in [2.05, 4.69) is 25.1 Å². The van der Waals surface area contributed by atoms with Gasteiger partial charge < -0.3 is 14.8 Å². The number of benzene rings is 2. The van der Waals surface area contributed by atoms with E-state index in [4.69, 9.17) is 9.72 Å². The number of nitrogens with zero attached hydrogens (tertiary/aromatic N) is 4. The molecule has 6 rings (SSSR count). The first kappa shape index (κ1) is 19.9. The van der Waals surface area contributed by atoms with Gasteiger partial charge in [0.1, 0.15) is 28.5 Å². The third-order valence-electron chi connectivity index (χ3n) is 5.63. The lowest BCUT2D eigenvalue weighted by Crippen LogP contribution is -1.90. The van der Waals surface area contributed by atoms with Gasteiger partial charge in [-0.3, -0.25) is 15.1 Å². The van der Waals surface area contributed by atoms with Gasteiger partial charge >= 0.3 is 0 Å². The average molecular weight is 452 g/mol. The largest absolute Gasteiger partial charge is 0.506 e. The molecule has 0 radical (unpaired) electrons. The summed E-state index contributed by atoms with van der Waals surface area (Å²) in [6.45, 7) is 0. The van der Waals surface area contributed by atoms with Crippen molar-refractivity contribution in [3.63, 3.8) is 0 Å². The maximum atomic E-state index is 14.1. The minimum absolute atomic E-state index is 0.0938. The molecule has 34 heavy (non-hydrogen) atoms. The molecule has 0 saturated heterocycles. The van der Waals surface area contributed by atoms with E-state index in [1.165, 1.54) is 25.4 Å². The van der Waals surface area contributed by atoms with E-state index in [0.29, 0.717) is 34.0 Å². The normalized spacial score (nSPS) is 11.4. The first-order valence-electron chi connectivity index (χ1n) is 10.4. The fourth-order valence-electron chi connectivity index (χ4n) is 4.04. The van der Waals surface area contributed by atoms with Crippen molar-refractivity contribution in [3.05, 3.63) is 72.9 Å². The van der Waals surface area contributed by atoms with Crippen molar-refractivity contribution in [1.29, 1.82) is 0 Å². The Labute approximate surface area is 192 Å². The predicted octanol–water partition coefficient (Wildman–Crippen LogP) is 5.08. The van der Waals surface area contributed by atoms with E-state index >= 15 is 0 Å². The van der Waals surface area contributed by atoms with Crippen molar-refractivity contribution in [3.8, 4) is 45.4 Å². The Hall–Kier alpha value is -4.79. The van der Waals surface area contributed by atoms with Gasteiger partial charge in [0.05, 0.1) is 30.0 Å². The van der Waals surface area contributed by atoms with E-state index in [1.54, 1.807) is 24.5 Å². The van der Waals surface area contributed by atoms with Gasteiger partial charge in [0.15, 0.2) is 5.82 Å². The van der Waals surface area contributed by atoms with E-state index in [-0.39, 0.29) is 5.75 Å². The SMILES string of the molecule is COc1cc(F)cc(-c2nccc3[nH]c(-c4n[nH]c5ccc(-c6cncc(O)c6)cc45)nc23)c1. The van der Waals surface area contributed by atoms with E-state index in [1.807, 2.05) is 24.3 Å². The summed E-state index contributed by atoms with van der Waals surface area (Å²) >= 11 is 0. The number of aromatic hydroxyl groups is 1. The molecule has 166 valence electrons. The molecule has 6 aromatic rings. The summed E-state index contributed by atoms with van der Waals surface area (Å²) in [5.74, 6) is 0.620. The number of aromatic amines is 2. The summed E-state index contributed by atoms with van der Waals surface area (Å²) in [7, 11) is 1.49. The van der Waals surface area contributed by atoms with Gasteiger partial charge in [-0.15, -0.1) is 0 Å². The number of ether oxygens (including phenoxy) is 1. The highest BCUT2D eigenvalue weighted by Gasteiger charge is 2.17. The van der Waals surface area contributed by atoms with Crippen LogP contribution in [0.15, 0.2) is 67.1 Å². The number of nitrogens with one attached hydrogen (secondary N) is 2. The molecule has 0 atom stereocenters. The first-order chi connectivity index (χ1) is 16.6. The van der Waals surface area contributed by atoms with Gasteiger partial charge in [-0.05, 0) is 42.0 Å². The molecule has 9 heteroatoms. The molecule has 0 unspecified atom stereocenters. The van der Waals surface area contributed by atoms with Crippen molar-refractivity contribution < 1.29 is 14.2 Å². The van der Waals surface area contributed by atoms with Crippen LogP contribution in [0, 0.1) is 5.82 Å². The van der Waals surface area contributed by atoms with Gasteiger partial charge in [-0.25, -0.2) is 9.37 Å². The molecule has 8 nitrogen and oxygen atoms in total. The van der Waals surface area contributed by atoms with Crippen molar-refractivity contribution in [2.75, 3.05) is 7.11 Å². The number of aromatic nitrogens is 6. The van der Waals surface area contributed by atoms with Gasteiger partial charge in [0.2, 0.25) is 0 Å². The van der Waals surface area contributed by atoms with Crippen LogP contribution in [-0.4, -0.2) is 42.3 Å². The Bertz CT molecular complexity index is 1690. The minimum atomic E-state index is -0.420. The first-order valence-corrected chi connectivity index (χ1v) is 10.4. The highest BCUT2D eigenvalue weighted by Crippen LogP contribution is 2.33. The van der Waals surface area contributed by atoms with Gasteiger partial charge in [0.25, 0.3) is 0 Å². The lowest BCUT2D eigenvalue weighted by Gasteiger charge is -2.05. The highest BCUT2D eigenvalue weighted by molar-refractivity contribution is 5.97. The van der Waals surface area contributed by atoms with Crippen molar-refractivity contribution in [1.82, 2.24) is 30.1 Å². The molecule has 0 spiro atoms. The van der Waals surface area contributed by atoms with Crippen molar-refractivity contribution >= 4 is 21.9 Å². The lowest BCUT2D eigenvalue weighted by atomic mass is 10.0. The van der Waals surface area contributed by atoms with Crippen LogP contribution in [-0.2, 0) is 0 Å². The smallest absolute Gasteiger partial charge is 0.159 e. The molecule has 0 amide bonds. The van der Waals surface area contributed by atoms with Gasteiger partial charge in [-0.2, -0.15) is 5.10 Å². The summed E-state index contributed by atoms with van der Waals surface area (Å²) in [4.78, 5) is 16.6. The molecule has 4 aromatic heterocycles.